The van der Waals surface area contributed by atoms with Crippen LogP contribution >= 0.6 is 0 Å². The Morgan fingerprint density at radius 2 is 1.52 bits per heavy atom. The first-order valence-corrected chi connectivity index (χ1v) is 6.85. The molecule has 0 spiro atoms. The van der Waals surface area contributed by atoms with E-state index in [0.717, 1.165) is 0 Å². The summed E-state index contributed by atoms with van der Waals surface area (Å²) in [6, 6.07) is 7.20. The molecule has 0 saturated heterocycles. The molecule has 0 heterocycles. The third kappa shape index (κ3) is 5.39. The summed E-state index contributed by atoms with van der Waals surface area (Å²) in [6.45, 7) is 2.49. The molecule has 5 nitrogen and oxygen atoms in total. The van der Waals surface area contributed by atoms with E-state index in [1.54, 1.807) is 6.07 Å². The summed E-state index contributed by atoms with van der Waals surface area (Å²) < 4.78 is 49.1. The number of esters is 2. The number of nitrogens with zero attached hydrogens (tertiary/aromatic N) is 1. The molecule has 0 aromatic heterocycles. The predicted octanol–water partition coefficient (Wildman–Crippen LogP) is 3.06. The van der Waals surface area contributed by atoms with Crippen molar-refractivity contribution in [3.8, 4) is 0 Å². The largest absolute Gasteiger partial charge is 0.465 e. The van der Waals surface area contributed by atoms with E-state index >= 15 is 0 Å². The molecule has 0 radical (unpaired) electrons. The highest BCUT2D eigenvalue weighted by atomic mass is 19.4. The summed E-state index contributed by atoms with van der Waals surface area (Å²) in [5.41, 5.74) is -1.61. The van der Waals surface area contributed by atoms with Gasteiger partial charge in [-0.2, -0.15) is 13.2 Å². The average Bonchev–Trinajstić information content (AvgIpc) is 2.47. The number of hydrogen-bond donors (Lipinski definition) is 0. The van der Waals surface area contributed by atoms with Gasteiger partial charge in [-0.15, -0.1) is 0 Å². The summed E-state index contributed by atoms with van der Waals surface area (Å²) in [7, 11) is 0. The molecule has 0 amide bonds. The maximum atomic E-state index is 13.3. The number of aliphatic imine (C=N–C) groups is 1. The van der Waals surface area contributed by atoms with E-state index in [1.165, 1.54) is 38.1 Å². The van der Waals surface area contributed by atoms with Crippen molar-refractivity contribution in [3.63, 3.8) is 0 Å². The van der Waals surface area contributed by atoms with Crippen molar-refractivity contribution >= 4 is 23.3 Å². The van der Waals surface area contributed by atoms with Crippen LogP contribution in [0.5, 0.6) is 0 Å². The van der Waals surface area contributed by atoms with Crippen molar-refractivity contribution in [1.29, 1.82) is 0 Å². The monoisotopic (exact) mass is 331 g/mol. The van der Waals surface area contributed by atoms with Crippen molar-refractivity contribution < 1.29 is 32.2 Å². The molecule has 1 aromatic carbocycles. The molecular weight excluding hydrogens is 315 g/mol. The Kier molecular flexibility index (Phi) is 6.74. The summed E-state index contributed by atoms with van der Waals surface area (Å²) >= 11 is 0. The highest BCUT2D eigenvalue weighted by Gasteiger charge is 2.49. The van der Waals surface area contributed by atoms with Gasteiger partial charge in [0.15, 0.2) is 0 Å². The zero-order valence-electron chi connectivity index (χ0n) is 12.6. The molecule has 0 fully saturated rings. The van der Waals surface area contributed by atoms with Gasteiger partial charge in [-0.1, -0.05) is 18.2 Å². The highest BCUT2D eigenvalue weighted by Crippen LogP contribution is 2.27. The summed E-state index contributed by atoms with van der Waals surface area (Å²) in [5.74, 6) is -4.98. The van der Waals surface area contributed by atoms with Gasteiger partial charge in [0.2, 0.25) is 5.92 Å². The SMILES string of the molecule is CCOC(=O)C(C(=O)OCC)/C(=N\c1ccccc1)C(F)(F)F. The van der Waals surface area contributed by atoms with Gasteiger partial charge in [0.05, 0.1) is 18.9 Å². The summed E-state index contributed by atoms with van der Waals surface area (Å²) in [6.07, 6.45) is -5.00. The molecule has 1 aromatic rings. The smallest absolute Gasteiger partial charge is 0.430 e. The van der Waals surface area contributed by atoms with Crippen LogP contribution in [0, 0.1) is 5.92 Å². The Bertz CT molecular complexity index is 552. The number of alkyl halides is 3. The van der Waals surface area contributed by atoms with Gasteiger partial charge in [0.25, 0.3) is 0 Å². The third-order valence-electron chi connectivity index (χ3n) is 2.61. The van der Waals surface area contributed by atoms with Crippen LogP contribution < -0.4 is 0 Å². The fourth-order valence-electron chi connectivity index (χ4n) is 1.70. The first-order chi connectivity index (χ1) is 10.8. The zero-order valence-corrected chi connectivity index (χ0v) is 12.6. The first-order valence-electron chi connectivity index (χ1n) is 6.85. The fourth-order valence-corrected chi connectivity index (χ4v) is 1.70. The Morgan fingerprint density at radius 1 is 1.04 bits per heavy atom. The maximum absolute atomic E-state index is 13.3. The van der Waals surface area contributed by atoms with E-state index in [0.29, 0.717) is 0 Å². The Labute approximate surface area is 131 Å². The molecule has 0 saturated carbocycles. The lowest BCUT2D eigenvalue weighted by Gasteiger charge is -2.18. The molecule has 0 aliphatic rings. The summed E-state index contributed by atoms with van der Waals surface area (Å²) in [4.78, 5) is 27.1. The van der Waals surface area contributed by atoms with Crippen LogP contribution in [-0.2, 0) is 19.1 Å². The Balaban J connectivity index is 3.36. The van der Waals surface area contributed by atoms with Crippen LogP contribution in [0.25, 0.3) is 0 Å². The van der Waals surface area contributed by atoms with Crippen molar-refractivity contribution in [2.75, 3.05) is 13.2 Å². The molecule has 8 heteroatoms. The number of rotatable bonds is 6. The van der Waals surface area contributed by atoms with Crippen LogP contribution in [-0.4, -0.2) is 37.0 Å². The number of para-hydroxylation sites is 1. The van der Waals surface area contributed by atoms with Crippen molar-refractivity contribution in [2.45, 2.75) is 20.0 Å². The van der Waals surface area contributed by atoms with Gasteiger partial charge in [-0.05, 0) is 26.0 Å². The highest BCUT2D eigenvalue weighted by molar-refractivity contribution is 6.19. The molecule has 0 aliphatic heterocycles. The first kappa shape index (κ1) is 18.7. The van der Waals surface area contributed by atoms with Gasteiger partial charge < -0.3 is 9.47 Å². The second kappa shape index (κ2) is 8.30. The molecule has 0 aliphatic carbocycles. The molecule has 0 unspecified atom stereocenters. The number of carbonyl (C=O) groups is 2. The van der Waals surface area contributed by atoms with E-state index in [9.17, 15) is 22.8 Å². The topological polar surface area (TPSA) is 65.0 Å². The number of carbonyl (C=O) groups excluding carboxylic acids is 2. The predicted molar refractivity (Wildman–Crippen MR) is 76.3 cm³/mol. The second-order valence-corrected chi connectivity index (χ2v) is 4.27. The van der Waals surface area contributed by atoms with Gasteiger partial charge in [0, 0.05) is 0 Å². The minimum atomic E-state index is -5.00. The summed E-state index contributed by atoms with van der Waals surface area (Å²) in [5, 5.41) is 0. The Morgan fingerprint density at radius 3 is 1.91 bits per heavy atom. The van der Waals surface area contributed by atoms with E-state index in [1.807, 2.05) is 0 Å². The van der Waals surface area contributed by atoms with Gasteiger partial charge in [0.1, 0.15) is 5.71 Å². The van der Waals surface area contributed by atoms with Crippen LogP contribution in [0.2, 0.25) is 0 Å². The van der Waals surface area contributed by atoms with E-state index in [-0.39, 0.29) is 18.9 Å². The lowest BCUT2D eigenvalue weighted by atomic mass is 10.0. The number of hydrogen-bond acceptors (Lipinski definition) is 5. The molecule has 0 bridgehead atoms. The van der Waals surface area contributed by atoms with E-state index in [2.05, 4.69) is 14.5 Å². The lowest BCUT2D eigenvalue weighted by molar-refractivity contribution is -0.159. The molecule has 23 heavy (non-hydrogen) atoms. The third-order valence-corrected chi connectivity index (χ3v) is 2.61. The van der Waals surface area contributed by atoms with Crippen LogP contribution in [0.4, 0.5) is 18.9 Å². The van der Waals surface area contributed by atoms with Crippen molar-refractivity contribution in [2.24, 2.45) is 10.9 Å². The average molecular weight is 331 g/mol. The van der Waals surface area contributed by atoms with Crippen LogP contribution in [0.1, 0.15) is 13.8 Å². The van der Waals surface area contributed by atoms with Crippen LogP contribution in [0.3, 0.4) is 0 Å². The van der Waals surface area contributed by atoms with E-state index in [4.69, 9.17) is 0 Å². The fraction of sp³-hybridized carbons (Fsp3) is 0.400. The quantitative estimate of drug-likeness (QED) is 0.456. The lowest BCUT2D eigenvalue weighted by Crippen LogP contribution is -2.42. The van der Waals surface area contributed by atoms with Gasteiger partial charge in [-0.3, -0.25) is 9.59 Å². The minimum absolute atomic E-state index is 0.0431. The molecule has 126 valence electrons. The molecule has 1 rings (SSSR count). The zero-order chi connectivity index (χ0) is 17.5. The van der Waals surface area contributed by atoms with Crippen molar-refractivity contribution in [3.05, 3.63) is 30.3 Å². The molecular formula is C15H16F3NO4. The number of ether oxygens (including phenoxy) is 2. The normalized spacial score (nSPS) is 12.2. The molecule has 0 N–H and O–H groups in total. The van der Waals surface area contributed by atoms with Gasteiger partial charge in [-0.25, -0.2) is 4.99 Å². The maximum Gasteiger partial charge on any atom is 0.430 e. The van der Waals surface area contributed by atoms with Crippen LogP contribution in [0.15, 0.2) is 35.3 Å². The van der Waals surface area contributed by atoms with E-state index < -0.39 is 29.7 Å². The standard InChI is InChI=1S/C15H16F3NO4/c1-3-22-13(20)11(14(21)23-4-2)12(15(16,17)18)19-10-8-6-5-7-9-10/h5-9,11H,3-4H2,1-2H3/b19-12+. The Hall–Kier alpha value is -2.38. The minimum Gasteiger partial charge on any atom is -0.465 e. The second-order valence-electron chi connectivity index (χ2n) is 4.27. The van der Waals surface area contributed by atoms with Crippen molar-refractivity contribution in [1.82, 2.24) is 0 Å². The number of halogens is 3. The number of benzene rings is 1. The molecule has 0 atom stereocenters. The van der Waals surface area contributed by atoms with Gasteiger partial charge >= 0.3 is 18.1 Å².